The van der Waals surface area contributed by atoms with E-state index in [2.05, 4.69) is 4.74 Å². The van der Waals surface area contributed by atoms with Crippen molar-refractivity contribution in [3.63, 3.8) is 0 Å². The van der Waals surface area contributed by atoms with E-state index in [1.54, 1.807) is 0 Å². The third-order valence-electron chi connectivity index (χ3n) is 3.22. The van der Waals surface area contributed by atoms with Crippen LogP contribution < -0.4 is 0 Å². The number of carbonyl (C=O) groups is 2. The predicted octanol–water partition coefficient (Wildman–Crippen LogP) is 0.682. The van der Waals surface area contributed by atoms with Crippen molar-refractivity contribution in [2.75, 3.05) is 7.11 Å². The van der Waals surface area contributed by atoms with Gasteiger partial charge < -0.3 is 9.84 Å². The average molecular weight is 196 g/mol. The molecule has 0 aromatic rings. The minimum absolute atomic E-state index is 0.0154. The zero-order valence-electron chi connectivity index (χ0n) is 7.84. The van der Waals surface area contributed by atoms with Gasteiger partial charge >= 0.3 is 11.9 Å². The molecule has 4 nitrogen and oxygen atoms in total. The van der Waals surface area contributed by atoms with E-state index in [0.717, 1.165) is 6.42 Å². The van der Waals surface area contributed by atoms with Crippen LogP contribution in [-0.4, -0.2) is 24.2 Å². The van der Waals surface area contributed by atoms with Crippen molar-refractivity contribution in [1.29, 1.82) is 0 Å². The molecule has 1 N–H and O–H groups in total. The van der Waals surface area contributed by atoms with Gasteiger partial charge in [-0.3, -0.25) is 9.59 Å². The first kappa shape index (κ1) is 9.24. The van der Waals surface area contributed by atoms with Gasteiger partial charge in [-0.2, -0.15) is 0 Å². The summed E-state index contributed by atoms with van der Waals surface area (Å²) in [7, 11) is 1.30. The first-order valence-electron chi connectivity index (χ1n) is 4.64. The van der Waals surface area contributed by atoms with E-state index in [-0.39, 0.29) is 11.8 Å². The Hall–Kier alpha value is -1.32. The third kappa shape index (κ3) is 1.14. The number of esters is 1. The number of fused-ring (bicyclic) bond motifs is 2. The van der Waals surface area contributed by atoms with Crippen LogP contribution in [0.5, 0.6) is 0 Å². The number of carboxylic acids is 1. The molecular weight excluding hydrogens is 184 g/mol. The zero-order chi connectivity index (χ0) is 10.3. The van der Waals surface area contributed by atoms with Crippen molar-refractivity contribution in [2.24, 2.45) is 23.7 Å². The molecule has 0 aromatic heterocycles. The summed E-state index contributed by atoms with van der Waals surface area (Å²) < 4.78 is 4.63. The summed E-state index contributed by atoms with van der Waals surface area (Å²) >= 11 is 0. The molecule has 2 aliphatic rings. The van der Waals surface area contributed by atoms with Gasteiger partial charge in [-0.05, 0) is 18.3 Å². The number of methoxy groups -OCH3 is 1. The number of hydrogen-bond acceptors (Lipinski definition) is 3. The van der Waals surface area contributed by atoms with Crippen molar-refractivity contribution >= 4 is 11.9 Å². The summed E-state index contributed by atoms with van der Waals surface area (Å²) in [5, 5.41) is 9.01. The lowest BCUT2D eigenvalue weighted by Gasteiger charge is -2.21. The van der Waals surface area contributed by atoms with E-state index in [9.17, 15) is 9.59 Å². The fourth-order valence-electron chi connectivity index (χ4n) is 2.62. The van der Waals surface area contributed by atoms with Crippen LogP contribution in [0.3, 0.4) is 0 Å². The maximum atomic E-state index is 11.4. The maximum Gasteiger partial charge on any atom is 0.310 e. The lowest BCUT2D eigenvalue weighted by atomic mass is 9.83. The molecule has 2 aliphatic carbocycles. The number of rotatable bonds is 2. The normalized spacial score (nSPS) is 38.6. The Balaban J connectivity index is 2.26. The number of aliphatic carboxylic acids is 1. The number of ether oxygens (including phenoxy) is 1. The van der Waals surface area contributed by atoms with E-state index in [0.29, 0.717) is 0 Å². The van der Waals surface area contributed by atoms with E-state index in [4.69, 9.17) is 5.11 Å². The van der Waals surface area contributed by atoms with Crippen molar-refractivity contribution in [3.05, 3.63) is 12.2 Å². The Morgan fingerprint density at radius 3 is 2.36 bits per heavy atom. The summed E-state index contributed by atoms with van der Waals surface area (Å²) in [5.74, 6) is -2.27. The van der Waals surface area contributed by atoms with Gasteiger partial charge in [0.1, 0.15) is 0 Å². The van der Waals surface area contributed by atoms with Crippen molar-refractivity contribution in [1.82, 2.24) is 0 Å². The Labute approximate surface area is 81.6 Å². The Morgan fingerprint density at radius 1 is 1.29 bits per heavy atom. The molecule has 2 bridgehead atoms. The molecule has 0 amide bonds. The van der Waals surface area contributed by atoms with Gasteiger partial charge in [-0.1, -0.05) is 12.2 Å². The lowest BCUT2D eigenvalue weighted by Crippen LogP contribution is -2.33. The molecule has 4 atom stereocenters. The second kappa shape index (κ2) is 3.12. The highest BCUT2D eigenvalue weighted by molar-refractivity contribution is 5.83. The second-order valence-electron chi connectivity index (χ2n) is 3.86. The molecule has 4 heteroatoms. The van der Waals surface area contributed by atoms with Crippen LogP contribution in [0.15, 0.2) is 12.2 Å². The number of hydrogen-bond donors (Lipinski definition) is 1. The van der Waals surface area contributed by atoms with E-state index < -0.39 is 23.8 Å². The molecule has 0 aromatic carbocycles. The van der Waals surface area contributed by atoms with E-state index >= 15 is 0 Å². The zero-order valence-corrected chi connectivity index (χ0v) is 7.84. The molecule has 1 saturated carbocycles. The molecule has 2 unspecified atom stereocenters. The maximum absolute atomic E-state index is 11.4. The summed E-state index contributed by atoms with van der Waals surface area (Å²) in [6, 6.07) is 0. The van der Waals surface area contributed by atoms with E-state index in [1.165, 1.54) is 7.11 Å². The van der Waals surface area contributed by atoms with Crippen LogP contribution >= 0.6 is 0 Å². The fraction of sp³-hybridized carbons (Fsp3) is 0.600. The number of carbonyl (C=O) groups excluding carboxylic acids is 1. The minimum atomic E-state index is -0.891. The van der Waals surface area contributed by atoms with Crippen LogP contribution in [0, 0.1) is 23.7 Å². The molecule has 1 fully saturated rings. The molecular formula is C10H12O4. The van der Waals surface area contributed by atoms with Crippen molar-refractivity contribution in [3.8, 4) is 0 Å². The van der Waals surface area contributed by atoms with Crippen LogP contribution in [-0.2, 0) is 14.3 Å². The highest BCUT2D eigenvalue weighted by Gasteiger charge is 2.52. The number of allylic oxidation sites excluding steroid dienone is 2. The summed E-state index contributed by atoms with van der Waals surface area (Å²) in [5.41, 5.74) is 0. The summed E-state index contributed by atoms with van der Waals surface area (Å²) in [4.78, 5) is 22.4. The van der Waals surface area contributed by atoms with Gasteiger partial charge in [0.2, 0.25) is 0 Å². The Kier molecular flexibility index (Phi) is 2.06. The molecule has 0 heterocycles. The Bertz CT molecular complexity index is 307. The summed E-state index contributed by atoms with van der Waals surface area (Å²) in [6.45, 7) is 0. The van der Waals surface area contributed by atoms with Gasteiger partial charge in [0.05, 0.1) is 18.9 Å². The molecule has 2 rings (SSSR count). The van der Waals surface area contributed by atoms with Gasteiger partial charge in [-0.25, -0.2) is 0 Å². The largest absolute Gasteiger partial charge is 0.481 e. The topological polar surface area (TPSA) is 63.6 Å². The highest BCUT2D eigenvalue weighted by Crippen LogP contribution is 2.48. The molecule has 76 valence electrons. The van der Waals surface area contributed by atoms with Gasteiger partial charge in [-0.15, -0.1) is 0 Å². The summed E-state index contributed by atoms with van der Waals surface area (Å²) in [6.07, 6.45) is 4.62. The molecule has 0 radical (unpaired) electrons. The second-order valence-corrected chi connectivity index (χ2v) is 3.86. The van der Waals surface area contributed by atoms with Gasteiger partial charge in [0.25, 0.3) is 0 Å². The van der Waals surface area contributed by atoms with Crippen LogP contribution in [0.1, 0.15) is 6.42 Å². The predicted molar refractivity (Wildman–Crippen MR) is 47.4 cm³/mol. The smallest absolute Gasteiger partial charge is 0.310 e. The Morgan fingerprint density at radius 2 is 1.86 bits per heavy atom. The van der Waals surface area contributed by atoms with Crippen LogP contribution in [0.4, 0.5) is 0 Å². The fourth-order valence-corrected chi connectivity index (χ4v) is 2.62. The average Bonchev–Trinajstić information content (AvgIpc) is 2.74. The molecule has 14 heavy (non-hydrogen) atoms. The monoisotopic (exact) mass is 196 g/mol. The van der Waals surface area contributed by atoms with Gasteiger partial charge in [0.15, 0.2) is 0 Å². The SMILES string of the molecule is COC(=O)[C@@H]1C2C=C[C@H](C2)C1C(=O)O. The van der Waals surface area contributed by atoms with Crippen LogP contribution in [0.25, 0.3) is 0 Å². The minimum Gasteiger partial charge on any atom is -0.481 e. The quantitative estimate of drug-likeness (QED) is 0.521. The molecule has 0 aliphatic heterocycles. The van der Waals surface area contributed by atoms with E-state index in [1.807, 2.05) is 12.2 Å². The van der Waals surface area contributed by atoms with Crippen molar-refractivity contribution < 1.29 is 19.4 Å². The van der Waals surface area contributed by atoms with Crippen LogP contribution in [0.2, 0.25) is 0 Å². The third-order valence-corrected chi connectivity index (χ3v) is 3.22. The molecule has 0 spiro atoms. The van der Waals surface area contributed by atoms with Crippen molar-refractivity contribution in [2.45, 2.75) is 6.42 Å². The van der Waals surface area contributed by atoms with Gasteiger partial charge in [0, 0.05) is 0 Å². The first-order valence-corrected chi connectivity index (χ1v) is 4.64. The molecule has 0 saturated heterocycles. The highest BCUT2D eigenvalue weighted by atomic mass is 16.5. The standard InChI is InChI=1S/C10H12O4/c1-14-10(13)8-6-3-2-5(4-6)7(8)9(11)12/h2-3,5-8H,4H2,1H3,(H,11,12)/t5-,6?,7?,8-/m1/s1. The number of carboxylic acid groups (broad SMARTS) is 1. The lowest BCUT2D eigenvalue weighted by molar-refractivity contribution is -0.156. The first-order chi connectivity index (χ1) is 6.65.